The van der Waals surface area contributed by atoms with Crippen molar-refractivity contribution in [1.82, 2.24) is 5.32 Å². The number of carboxylic acids is 1. The predicted octanol–water partition coefficient (Wildman–Crippen LogP) is 3.44. The number of hydrogen-bond acceptors (Lipinski definition) is 2. The number of hydrogen-bond donors (Lipinski definition) is 3. The molecule has 0 spiro atoms. The maximum Gasteiger partial charge on any atom is 0.335 e. The Hall–Kier alpha value is -2.82. The molecule has 0 saturated carbocycles. The molecule has 116 valence electrons. The molecule has 0 aliphatic rings. The second-order valence-electron chi connectivity index (χ2n) is 4.64. The molecule has 0 radical (unpaired) electrons. The van der Waals surface area contributed by atoms with E-state index in [-0.39, 0.29) is 6.03 Å². The van der Waals surface area contributed by atoms with Gasteiger partial charge in [-0.1, -0.05) is 36.4 Å². The van der Waals surface area contributed by atoms with Gasteiger partial charge in [0.05, 0.1) is 5.56 Å². The van der Waals surface area contributed by atoms with Gasteiger partial charge in [-0.3, -0.25) is 0 Å². The van der Waals surface area contributed by atoms with E-state index in [4.69, 9.17) is 5.11 Å². The van der Waals surface area contributed by atoms with E-state index >= 15 is 0 Å². The maximum absolute atomic E-state index is 11.1. The molecule has 0 aliphatic carbocycles. The van der Waals surface area contributed by atoms with Gasteiger partial charge >= 0.3 is 12.0 Å². The Morgan fingerprint density at radius 3 is 1.86 bits per heavy atom. The molecule has 22 heavy (non-hydrogen) atoms. The number of aromatic carboxylic acids is 1. The third kappa shape index (κ3) is 5.28. The Morgan fingerprint density at radius 2 is 1.45 bits per heavy atom. The van der Waals surface area contributed by atoms with Crippen LogP contribution in [-0.4, -0.2) is 24.2 Å². The second-order valence-corrected chi connectivity index (χ2v) is 4.64. The summed E-state index contributed by atoms with van der Waals surface area (Å²) in [5, 5.41) is 13.7. The highest BCUT2D eigenvalue weighted by Crippen LogP contribution is 2.18. The highest BCUT2D eigenvalue weighted by molar-refractivity contribution is 5.90. The standard InChI is InChI=1S/C10H14N2O.C7H6O2/c1-7-5-4-6-8(2)9(7)12-10(13)11-3;8-7(9)6-4-2-1-3-5-6/h4-6H,1-3H3,(H2,11,12,13);1-5H,(H,8,9). The Balaban J connectivity index is 0.000000235. The second kappa shape index (κ2) is 8.46. The van der Waals surface area contributed by atoms with Gasteiger partial charge in [0.25, 0.3) is 0 Å². The molecule has 0 fully saturated rings. The molecule has 2 aromatic carbocycles. The van der Waals surface area contributed by atoms with Crippen molar-refractivity contribution in [2.24, 2.45) is 0 Å². The number of carbonyl (C=O) groups excluding carboxylic acids is 1. The number of amides is 2. The maximum atomic E-state index is 11.1. The van der Waals surface area contributed by atoms with Crippen molar-refractivity contribution >= 4 is 17.7 Å². The minimum absolute atomic E-state index is 0.183. The van der Waals surface area contributed by atoms with Crippen LogP contribution in [0.2, 0.25) is 0 Å². The highest BCUT2D eigenvalue weighted by Gasteiger charge is 2.04. The summed E-state index contributed by atoms with van der Waals surface area (Å²) < 4.78 is 0. The van der Waals surface area contributed by atoms with E-state index in [0.29, 0.717) is 5.56 Å². The average molecular weight is 300 g/mol. The van der Waals surface area contributed by atoms with Gasteiger partial charge in [0.2, 0.25) is 0 Å². The predicted molar refractivity (Wildman–Crippen MR) is 87.4 cm³/mol. The first-order valence-corrected chi connectivity index (χ1v) is 6.79. The molecule has 5 heteroatoms. The minimum atomic E-state index is -0.879. The summed E-state index contributed by atoms with van der Waals surface area (Å²) in [7, 11) is 1.60. The summed E-state index contributed by atoms with van der Waals surface area (Å²) in [5.41, 5.74) is 3.37. The first kappa shape index (κ1) is 17.2. The average Bonchev–Trinajstić information content (AvgIpc) is 2.52. The number of benzene rings is 2. The highest BCUT2D eigenvalue weighted by atomic mass is 16.4. The number of aryl methyl sites for hydroxylation is 2. The molecule has 0 unspecified atom stereocenters. The lowest BCUT2D eigenvalue weighted by Crippen LogP contribution is -2.25. The molecular weight excluding hydrogens is 280 g/mol. The van der Waals surface area contributed by atoms with Gasteiger partial charge in [-0.05, 0) is 37.1 Å². The van der Waals surface area contributed by atoms with Crippen molar-refractivity contribution in [2.75, 3.05) is 12.4 Å². The van der Waals surface area contributed by atoms with Crippen molar-refractivity contribution in [3.05, 3.63) is 65.2 Å². The summed E-state index contributed by atoms with van der Waals surface area (Å²) >= 11 is 0. The number of nitrogens with one attached hydrogen (secondary N) is 2. The lowest BCUT2D eigenvalue weighted by molar-refractivity contribution is 0.0697. The van der Waals surface area contributed by atoms with E-state index < -0.39 is 5.97 Å². The smallest absolute Gasteiger partial charge is 0.335 e. The molecular formula is C17H20N2O3. The number of anilines is 1. The van der Waals surface area contributed by atoms with Gasteiger partial charge in [0, 0.05) is 12.7 Å². The van der Waals surface area contributed by atoms with Crippen LogP contribution >= 0.6 is 0 Å². The van der Waals surface area contributed by atoms with Gasteiger partial charge in [0.15, 0.2) is 0 Å². The molecule has 0 atom stereocenters. The molecule has 5 nitrogen and oxygen atoms in total. The van der Waals surface area contributed by atoms with Crippen LogP contribution in [0.15, 0.2) is 48.5 Å². The fourth-order valence-corrected chi connectivity index (χ4v) is 1.77. The Labute approximate surface area is 130 Å². The zero-order valence-corrected chi connectivity index (χ0v) is 12.9. The number of carbonyl (C=O) groups is 2. The van der Waals surface area contributed by atoms with Gasteiger partial charge < -0.3 is 15.7 Å². The van der Waals surface area contributed by atoms with Gasteiger partial charge in [-0.25, -0.2) is 9.59 Å². The third-order valence-electron chi connectivity index (χ3n) is 2.97. The largest absolute Gasteiger partial charge is 0.478 e. The van der Waals surface area contributed by atoms with E-state index in [0.717, 1.165) is 16.8 Å². The van der Waals surface area contributed by atoms with Crippen LogP contribution in [0.4, 0.5) is 10.5 Å². The molecule has 0 heterocycles. The monoisotopic (exact) mass is 300 g/mol. The zero-order chi connectivity index (χ0) is 16.5. The topological polar surface area (TPSA) is 78.4 Å². The summed E-state index contributed by atoms with van der Waals surface area (Å²) in [4.78, 5) is 21.3. The van der Waals surface area contributed by atoms with Gasteiger partial charge in [0.1, 0.15) is 0 Å². The van der Waals surface area contributed by atoms with E-state index in [1.807, 2.05) is 32.0 Å². The van der Waals surface area contributed by atoms with Crippen molar-refractivity contribution < 1.29 is 14.7 Å². The molecule has 0 saturated heterocycles. The third-order valence-corrected chi connectivity index (χ3v) is 2.97. The lowest BCUT2D eigenvalue weighted by atomic mass is 10.1. The summed E-state index contributed by atoms with van der Waals surface area (Å²) in [6.07, 6.45) is 0. The number of para-hydroxylation sites is 1. The van der Waals surface area contributed by atoms with Crippen LogP contribution in [0.25, 0.3) is 0 Å². The molecule has 2 rings (SSSR count). The fourth-order valence-electron chi connectivity index (χ4n) is 1.77. The Morgan fingerprint density at radius 1 is 0.909 bits per heavy atom. The van der Waals surface area contributed by atoms with Crippen LogP contribution in [0.5, 0.6) is 0 Å². The van der Waals surface area contributed by atoms with E-state index in [1.54, 1.807) is 37.4 Å². The molecule has 0 aromatic heterocycles. The Bertz CT molecular complexity index is 619. The summed E-state index contributed by atoms with van der Waals surface area (Å²) in [5.74, 6) is -0.879. The zero-order valence-electron chi connectivity index (χ0n) is 12.9. The number of carboxylic acid groups (broad SMARTS) is 1. The first-order valence-electron chi connectivity index (χ1n) is 6.79. The quantitative estimate of drug-likeness (QED) is 0.795. The van der Waals surface area contributed by atoms with Crippen LogP contribution in [0.3, 0.4) is 0 Å². The first-order chi connectivity index (χ1) is 10.5. The van der Waals surface area contributed by atoms with E-state index in [1.165, 1.54) is 0 Å². The normalized spacial score (nSPS) is 9.23. The van der Waals surface area contributed by atoms with Crippen LogP contribution in [0.1, 0.15) is 21.5 Å². The molecule has 0 bridgehead atoms. The molecule has 3 N–H and O–H groups in total. The van der Waals surface area contributed by atoms with Crippen molar-refractivity contribution in [3.63, 3.8) is 0 Å². The molecule has 2 aromatic rings. The Kier molecular flexibility index (Phi) is 6.63. The van der Waals surface area contributed by atoms with E-state index in [9.17, 15) is 9.59 Å². The molecule has 2 amide bonds. The number of urea groups is 1. The van der Waals surface area contributed by atoms with Crippen molar-refractivity contribution in [1.29, 1.82) is 0 Å². The lowest BCUT2D eigenvalue weighted by Gasteiger charge is -2.10. The summed E-state index contributed by atoms with van der Waals surface area (Å²) in [6, 6.07) is 14.0. The van der Waals surface area contributed by atoms with Crippen molar-refractivity contribution in [3.8, 4) is 0 Å². The SMILES string of the molecule is CNC(=O)Nc1c(C)cccc1C.O=C(O)c1ccccc1. The number of rotatable bonds is 2. The minimum Gasteiger partial charge on any atom is -0.478 e. The molecule has 0 aliphatic heterocycles. The van der Waals surface area contributed by atoms with Crippen LogP contribution in [0, 0.1) is 13.8 Å². The summed E-state index contributed by atoms with van der Waals surface area (Å²) in [6.45, 7) is 3.94. The van der Waals surface area contributed by atoms with Crippen LogP contribution < -0.4 is 10.6 Å². The van der Waals surface area contributed by atoms with E-state index in [2.05, 4.69) is 10.6 Å². The van der Waals surface area contributed by atoms with Crippen molar-refractivity contribution in [2.45, 2.75) is 13.8 Å². The fraction of sp³-hybridized carbons (Fsp3) is 0.176. The van der Waals surface area contributed by atoms with Gasteiger partial charge in [-0.15, -0.1) is 0 Å². The van der Waals surface area contributed by atoms with Crippen LogP contribution in [-0.2, 0) is 0 Å². The van der Waals surface area contributed by atoms with Gasteiger partial charge in [-0.2, -0.15) is 0 Å².